The lowest BCUT2D eigenvalue weighted by Crippen LogP contribution is -2.40. The molecule has 1 aromatic carbocycles. The molecule has 0 aliphatic heterocycles. The highest BCUT2D eigenvalue weighted by Gasteiger charge is 2.48. The monoisotopic (exact) mass is 351 g/mol. The number of carbonyl (C=O) groups excluding carboxylic acids is 1. The van der Waals surface area contributed by atoms with Crippen molar-refractivity contribution in [1.82, 2.24) is 4.98 Å². The molecule has 1 unspecified atom stereocenters. The number of fused-ring (bicyclic) bond motifs is 1. The molecule has 2 nitrogen and oxygen atoms in total. The van der Waals surface area contributed by atoms with Gasteiger partial charge in [-0.25, -0.2) is 4.98 Å². The highest BCUT2D eigenvalue weighted by atomic mass is 32.1. The Hall–Kier alpha value is -1.74. The number of aromatic nitrogens is 1. The third kappa shape index (κ3) is 2.52. The minimum atomic E-state index is -0.292. The van der Waals surface area contributed by atoms with Crippen LogP contribution in [-0.2, 0) is 16.6 Å². The van der Waals surface area contributed by atoms with Crippen molar-refractivity contribution < 1.29 is 4.79 Å². The minimum absolute atomic E-state index is 0.292. The highest BCUT2D eigenvalue weighted by Crippen LogP contribution is 2.53. The van der Waals surface area contributed by atoms with Crippen LogP contribution in [0.2, 0.25) is 0 Å². The average molecular weight is 352 g/mol. The van der Waals surface area contributed by atoms with E-state index in [4.69, 9.17) is 0 Å². The molecule has 0 radical (unpaired) electrons. The standard InChI is InChI=1S/C22H25NOS/c1-3-8-15-11-16-13-18-21(25-14-23-18)22(4-2,20(16)19(24)12-15)17-9-6-5-7-10-17/h5-7,9-10,14-15H,3-4,8,11-13H2,1-2H3/t15?,22-/m0/s1. The van der Waals surface area contributed by atoms with Gasteiger partial charge >= 0.3 is 0 Å². The van der Waals surface area contributed by atoms with Crippen molar-refractivity contribution in [3.05, 3.63) is 63.1 Å². The zero-order valence-corrected chi connectivity index (χ0v) is 15.9. The summed E-state index contributed by atoms with van der Waals surface area (Å²) < 4.78 is 0. The molecule has 0 saturated heterocycles. The van der Waals surface area contributed by atoms with Gasteiger partial charge in [0.25, 0.3) is 0 Å². The topological polar surface area (TPSA) is 30.0 Å². The SMILES string of the molecule is CCCC1CC(=O)C2=C(Cc3ncsc3[C@@]2(CC)c2ccccc2)C1. The third-order valence-corrected chi connectivity index (χ3v) is 7.00. The second kappa shape index (κ2) is 6.53. The molecular weight excluding hydrogens is 326 g/mol. The number of Topliss-reactive ketones (excluding diaryl/α,β-unsaturated/α-hetero) is 1. The molecule has 1 aromatic heterocycles. The fraction of sp³-hybridized carbons (Fsp3) is 0.455. The summed E-state index contributed by atoms with van der Waals surface area (Å²) >= 11 is 1.72. The molecule has 130 valence electrons. The van der Waals surface area contributed by atoms with Gasteiger partial charge in [-0.05, 0) is 30.7 Å². The Labute approximate surface area is 154 Å². The summed E-state index contributed by atoms with van der Waals surface area (Å²) in [5, 5.41) is 0. The van der Waals surface area contributed by atoms with E-state index in [-0.39, 0.29) is 5.41 Å². The van der Waals surface area contributed by atoms with Gasteiger partial charge in [-0.3, -0.25) is 4.79 Å². The van der Waals surface area contributed by atoms with Gasteiger partial charge in [0.1, 0.15) is 0 Å². The maximum Gasteiger partial charge on any atom is 0.160 e. The summed E-state index contributed by atoms with van der Waals surface area (Å²) in [7, 11) is 0. The van der Waals surface area contributed by atoms with Gasteiger partial charge < -0.3 is 0 Å². The maximum absolute atomic E-state index is 13.3. The van der Waals surface area contributed by atoms with Crippen LogP contribution in [0.5, 0.6) is 0 Å². The molecule has 25 heavy (non-hydrogen) atoms. The molecule has 2 aromatic rings. The molecule has 0 N–H and O–H groups in total. The number of rotatable bonds is 4. The van der Waals surface area contributed by atoms with E-state index in [1.165, 1.54) is 21.7 Å². The lowest BCUT2D eigenvalue weighted by molar-refractivity contribution is -0.117. The first-order chi connectivity index (χ1) is 12.2. The van der Waals surface area contributed by atoms with E-state index in [0.717, 1.165) is 44.1 Å². The lowest BCUT2D eigenvalue weighted by Gasteiger charge is -2.43. The summed E-state index contributed by atoms with van der Waals surface area (Å²) in [6.45, 7) is 4.44. The average Bonchev–Trinajstić information content (AvgIpc) is 3.09. The first kappa shape index (κ1) is 16.7. The largest absolute Gasteiger partial charge is 0.294 e. The molecule has 2 aliphatic carbocycles. The van der Waals surface area contributed by atoms with Crippen molar-refractivity contribution in [3.63, 3.8) is 0 Å². The van der Waals surface area contributed by atoms with E-state index in [1.807, 2.05) is 5.51 Å². The fourth-order valence-corrected chi connectivity index (χ4v) is 6.11. The second-order valence-corrected chi connectivity index (χ2v) is 8.25. The van der Waals surface area contributed by atoms with Gasteiger partial charge in [-0.2, -0.15) is 0 Å². The van der Waals surface area contributed by atoms with Crippen molar-refractivity contribution in [3.8, 4) is 0 Å². The predicted octanol–water partition coefficient (Wildman–Crippen LogP) is 5.47. The van der Waals surface area contributed by atoms with Crippen LogP contribution in [0.3, 0.4) is 0 Å². The summed E-state index contributed by atoms with van der Waals surface area (Å²) in [4.78, 5) is 19.3. The van der Waals surface area contributed by atoms with Gasteiger partial charge in [0.05, 0.1) is 16.6 Å². The summed E-state index contributed by atoms with van der Waals surface area (Å²) in [5.41, 5.74) is 6.57. The van der Waals surface area contributed by atoms with Crippen LogP contribution in [0.25, 0.3) is 0 Å². The Bertz CT molecular complexity index is 820. The normalized spacial score (nSPS) is 25.7. The molecule has 0 spiro atoms. The number of hydrogen-bond acceptors (Lipinski definition) is 3. The van der Waals surface area contributed by atoms with E-state index in [0.29, 0.717) is 11.7 Å². The predicted molar refractivity (Wildman–Crippen MR) is 103 cm³/mol. The van der Waals surface area contributed by atoms with Gasteiger partial charge in [0.15, 0.2) is 5.78 Å². The number of thiazole rings is 1. The van der Waals surface area contributed by atoms with E-state index < -0.39 is 0 Å². The number of carbonyl (C=O) groups is 1. The maximum atomic E-state index is 13.3. The molecule has 0 amide bonds. The van der Waals surface area contributed by atoms with Crippen molar-refractivity contribution in [1.29, 1.82) is 0 Å². The Morgan fingerprint density at radius 1 is 1.20 bits per heavy atom. The number of nitrogens with zero attached hydrogens (tertiary/aromatic N) is 1. The number of ketones is 1. The quantitative estimate of drug-likeness (QED) is 0.731. The van der Waals surface area contributed by atoms with Crippen LogP contribution >= 0.6 is 11.3 Å². The van der Waals surface area contributed by atoms with E-state index in [9.17, 15) is 4.79 Å². The molecular formula is C22H25NOS. The third-order valence-electron chi connectivity index (χ3n) is 5.97. The summed E-state index contributed by atoms with van der Waals surface area (Å²) in [5.74, 6) is 0.895. The van der Waals surface area contributed by atoms with E-state index in [2.05, 4.69) is 49.2 Å². The number of hydrogen-bond donors (Lipinski definition) is 0. The van der Waals surface area contributed by atoms with Gasteiger partial charge in [0.2, 0.25) is 0 Å². The Morgan fingerprint density at radius 2 is 2.00 bits per heavy atom. The van der Waals surface area contributed by atoms with Crippen molar-refractivity contribution in [2.24, 2.45) is 5.92 Å². The summed E-state index contributed by atoms with van der Waals surface area (Å²) in [6.07, 6.45) is 5.87. The van der Waals surface area contributed by atoms with Crippen molar-refractivity contribution in [2.45, 2.75) is 57.8 Å². The smallest absolute Gasteiger partial charge is 0.160 e. The van der Waals surface area contributed by atoms with E-state index in [1.54, 1.807) is 11.3 Å². The molecule has 3 heteroatoms. The molecule has 2 atom stereocenters. The lowest BCUT2D eigenvalue weighted by atomic mass is 9.60. The van der Waals surface area contributed by atoms with Gasteiger partial charge in [-0.15, -0.1) is 11.3 Å². The van der Waals surface area contributed by atoms with Crippen LogP contribution in [0.4, 0.5) is 0 Å². The second-order valence-electron chi connectivity index (χ2n) is 7.39. The Morgan fingerprint density at radius 3 is 2.72 bits per heavy atom. The van der Waals surface area contributed by atoms with Crippen molar-refractivity contribution >= 4 is 17.1 Å². The first-order valence-electron chi connectivity index (χ1n) is 9.44. The highest BCUT2D eigenvalue weighted by molar-refractivity contribution is 7.10. The van der Waals surface area contributed by atoms with Crippen LogP contribution in [0.15, 0.2) is 47.0 Å². The molecule has 1 heterocycles. The van der Waals surface area contributed by atoms with Crippen LogP contribution in [-0.4, -0.2) is 10.8 Å². The molecule has 0 fully saturated rings. The van der Waals surface area contributed by atoms with Crippen LogP contribution in [0, 0.1) is 5.92 Å². The van der Waals surface area contributed by atoms with Gasteiger partial charge in [-0.1, -0.05) is 56.2 Å². The Kier molecular flexibility index (Phi) is 4.36. The minimum Gasteiger partial charge on any atom is -0.294 e. The Balaban J connectivity index is 1.93. The van der Waals surface area contributed by atoms with Crippen molar-refractivity contribution in [2.75, 3.05) is 0 Å². The first-order valence-corrected chi connectivity index (χ1v) is 10.3. The summed E-state index contributed by atoms with van der Waals surface area (Å²) in [6, 6.07) is 10.6. The van der Waals surface area contributed by atoms with Gasteiger partial charge in [0, 0.05) is 23.3 Å². The number of allylic oxidation sites excluding steroid dienone is 2. The molecule has 0 saturated carbocycles. The molecule has 2 aliphatic rings. The fourth-order valence-electron chi connectivity index (χ4n) is 4.99. The molecule has 4 rings (SSSR count). The van der Waals surface area contributed by atoms with Crippen LogP contribution in [0.1, 0.15) is 62.1 Å². The number of benzene rings is 1. The van der Waals surface area contributed by atoms with E-state index >= 15 is 0 Å². The van der Waals surface area contributed by atoms with Crippen LogP contribution < -0.4 is 0 Å². The zero-order chi connectivity index (χ0) is 17.4. The zero-order valence-electron chi connectivity index (χ0n) is 15.0. The molecule has 0 bridgehead atoms.